The van der Waals surface area contributed by atoms with Crippen LogP contribution in [0.1, 0.15) is 55.7 Å². The van der Waals surface area contributed by atoms with Crippen molar-refractivity contribution < 1.29 is 9.59 Å². The lowest BCUT2D eigenvalue weighted by atomic mass is 9.95. The lowest BCUT2D eigenvalue weighted by Crippen LogP contribution is -2.51. The lowest BCUT2D eigenvalue weighted by Gasteiger charge is -2.31. The molecule has 0 spiro atoms. The van der Waals surface area contributed by atoms with E-state index in [0.29, 0.717) is 12.3 Å². The van der Waals surface area contributed by atoms with Crippen LogP contribution in [0.25, 0.3) is 0 Å². The number of hydrogen-bond acceptors (Lipinski definition) is 3. The Morgan fingerprint density at radius 2 is 1.69 bits per heavy atom. The fraction of sp³-hybridized carbons (Fsp3) is 0.481. The maximum Gasteiger partial charge on any atom is 0.242 e. The van der Waals surface area contributed by atoms with Gasteiger partial charge in [0.2, 0.25) is 11.8 Å². The molecule has 1 N–H and O–H groups in total. The molecule has 0 aliphatic heterocycles. The topological polar surface area (TPSA) is 49.4 Å². The third-order valence-corrected chi connectivity index (χ3v) is 7.21. The minimum atomic E-state index is -0.465. The summed E-state index contributed by atoms with van der Waals surface area (Å²) in [5.74, 6) is 1.18. The van der Waals surface area contributed by atoms with Gasteiger partial charge in [-0.3, -0.25) is 9.59 Å². The molecule has 1 aliphatic carbocycles. The molecule has 0 unspecified atom stereocenters. The van der Waals surface area contributed by atoms with E-state index >= 15 is 0 Å². The summed E-state index contributed by atoms with van der Waals surface area (Å²) in [6, 6.07) is 18.4. The minimum absolute atomic E-state index is 0.0261. The average molecular weight is 453 g/mol. The van der Waals surface area contributed by atoms with Crippen LogP contribution in [0, 0.1) is 6.92 Å². The molecule has 5 heteroatoms. The van der Waals surface area contributed by atoms with Crippen LogP contribution in [0.5, 0.6) is 0 Å². The van der Waals surface area contributed by atoms with Gasteiger partial charge in [-0.2, -0.15) is 0 Å². The number of aryl methyl sites for hydroxylation is 1. The third kappa shape index (κ3) is 7.70. The van der Waals surface area contributed by atoms with E-state index in [4.69, 9.17) is 0 Å². The van der Waals surface area contributed by atoms with Crippen LogP contribution < -0.4 is 5.32 Å². The summed E-state index contributed by atoms with van der Waals surface area (Å²) in [7, 11) is 0. The molecule has 0 saturated heterocycles. The largest absolute Gasteiger partial charge is 0.352 e. The molecular formula is C27H36N2O2S. The Bertz CT molecular complexity index is 848. The van der Waals surface area contributed by atoms with E-state index in [-0.39, 0.29) is 17.9 Å². The van der Waals surface area contributed by atoms with E-state index in [1.165, 1.54) is 36.0 Å². The fourth-order valence-corrected chi connectivity index (χ4v) is 5.03. The first kappa shape index (κ1) is 24.4. The molecule has 0 heterocycles. The number of thioether (sulfide) groups is 1. The van der Waals surface area contributed by atoms with Crippen molar-refractivity contribution in [2.75, 3.05) is 12.3 Å². The highest BCUT2D eigenvalue weighted by Crippen LogP contribution is 2.19. The Morgan fingerprint density at radius 3 is 2.38 bits per heavy atom. The van der Waals surface area contributed by atoms with E-state index in [9.17, 15) is 9.59 Å². The van der Waals surface area contributed by atoms with Crippen molar-refractivity contribution in [1.29, 1.82) is 0 Å². The van der Waals surface area contributed by atoms with Gasteiger partial charge in [-0.25, -0.2) is 0 Å². The van der Waals surface area contributed by atoms with E-state index in [2.05, 4.69) is 48.6 Å². The number of hydrogen-bond donors (Lipinski definition) is 1. The Kier molecular flexibility index (Phi) is 9.66. The quantitative estimate of drug-likeness (QED) is 0.543. The van der Waals surface area contributed by atoms with Crippen molar-refractivity contribution in [3.63, 3.8) is 0 Å². The SMILES string of the molecule is Cc1ccc(CSCC(=O)N(CCc2ccccc2)[C@@H](C)C(=O)NC2CCCCC2)cc1. The van der Waals surface area contributed by atoms with Crippen molar-refractivity contribution >= 4 is 23.6 Å². The highest BCUT2D eigenvalue weighted by atomic mass is 32.2. The van der Waals surface area contributed by atoms with Gasteiger partial charge < -0.3 is 10.2 Å². The lowest BCUT2D eigenvalue weighted by molar-refractivity contribution is -0.138. The fourth-order valence-electron chi connectivity index (χ4n) is 4.16. The number of nitrogens with one attached hydrogen (secondary N) is 1. The van der Waals surface area contributed by atoms with Crippen LogP contribution in [-0.2, 0) is 21.8 Å². The first-order valence-corrected chi connectivity index (χ1v) is 13.0. The Hall–Kier alpha value is -2.27. The van der Waals surface area contributed by atoms with Crippen molar-refractivity contribution in [1.82, 2.24) is 10.2 Å². The van der Waals surface area contributed by atoms with Crippen LogP contribution >= 0.6 is 11.8 Å². The Morgan fingerprint density at radius 1 is 1.00 bits per heavy atom. The molecule has 1 saturated carbocycles. The molecule has 0 radical (unpaired) electrons. The third-order valence-electron chi connectivity index (χ3n) is 6.22. The number of carbonyl (C=O) groups excluding carboxylic acids is 2. The first-order valence-electron chi connectivity index (χ1n) is 11.8. The highest BCUT2D eigenvalue weighted by molar-refractivity contribution is 7.99. The molecule has 2 aromatic rings. The maximum absolute atomic E-state index is 13.2. The van der Waals surface area contributed by atoms with Crippen molar-refractivity contribution in [3.05, 3.63) is 71.3 Å². The molecule has 1 atom stereocenters. The summed E-state index contributed by atoms with van der Waals surface area (Å²) in [6.45, 7) is 4.49. The minimum Gasteiger partial charge on any atom is -0.352 e. The van der Waals surface area contributed by atoms with Gasteiger partial charge in [0.1, 0.15) is 6.04 Å². The van der Waals surface area contributed by atoms with Gasteiger partial charge in [-0.15, -0.1) is 11.8 Å². The van der Waals surface area contributed by atoms with Gasteiger partial charge in [-0.05, 0) is 44.2 Å². The van der Waals surface area contributed by atoms with Crippen LogP contribution in [0.15, 0.2) is 54.6 Å². The maximum atomic E-state index is 13.2. The van der Waals surface area contributed by atoms with Crippen LogP contribution in [-0.4, -0.2) is 41.1 Å². The van der Waals surface area contributed by atoms with Crippen LogP contribution in [0.4, 0.5) is 0 Å². The zero-order valence-electron chi connectivity index (χ0n) is 19.4. The summed E-state index contributed by atoms with van der Waals surface area (Å²) in [4.78, 5) is 27.9. The molecule has 2 amide bonds. The number of carbonyl (C=O) groups is 2. The normalized spacial score (nSPS) is 15.2. The van der Waals surface area contributed by atoms with Gasteiger partial charge in [0.25, 0.3) is 0 Å². The number of nitrogens with zero attached hydrogens (tertiary/aromatic N) is 1. The molecule has 3 rings (SSSR count). The van der Waals surface area contributed by atoms with Crippen molar-refractivity contribution in [2.24, 2.45) is 0 Å². The Labute approximate surface area is 197 Å². The number of rotatable bonds is 10. The molecule has 32 heavy (non-hydrogen) atoms. The summed E-state index contributed by atoms with van der Waals surface area (Å²) < 4.78 is 0. The zero-order valence-corrected chi connectivity index (χ0v) is 20.2. The summed E-state index contributed by atoms with van der Waals surface area (Å²) in [5, 5.41) is 3.20. The van der Waals surface area contributed by atoms with Crippen LogP contribution in [0.2, 0.25) is 0 Å². The molecule has 0 aromatic heterocycles. The molecule has 2 aromatic carbocycles. The van der Waals surface area contributed by atoms with Gasteiger partial charge >= 0.3 is 0 Å². The highest BCUT2D eigenvalue weighted by Gasteiger charge is 2.27. The van der Waals surface area contributed by atoms with Gasteiger partial charge in [-0.1, -0.05) is 79.4 Å². The average Bonchev–Trinajstić information content (AvgIpc) is 2.81. The van der Waals surface area contributed by atoms with Crippen molar-refractivity contribution in [2.45, 2.75) is 70.2 Å². The summed E-state index contributed by atoms with van der Waals surface area (Å²) >= 11 is 1.61. The number of benzene rings is 2. The van der Waals surface area contributed by atoms with E-state index in [1.807, 2.05) is 25.1 Å². The van der Waals surface area contributed by atoms with Gasteiger partial charge in [0.05, 0.1) is 5.75 Å². The van der Waals surface area contributed by atoms with Crippen LogP contribution in [0.3, 0.4) is 0 Å². The molecule has 1 fully saturated rings. The molecule has 4 nitrogen and oxygen atoms in total. The first-order chi connectivity index (χ1) is 15.5. The summed E-state index contributed by atoms with van der Waals surface area (Å²) in [5.41, 5.74) is 3.63. The van der Waals surface area contributed by atoms with E-state index in [0.717, 1.165) is 25.0 Å². The second-order valence-corrected chi connectivity index (χ2v) is 9.81. The van der Waals surface area contributed by atoms with E-state index in [1.54, 1.807) is 16.7 Å². The monoisotopic (exact) mass is 452 g/mol. The molecular weight excluding hydrogens is 416 g/mol. The zero-order chi connectivity index (χ0) is 22.8. The predicted octanol–water partition coefficient (Wildman–Crippen LogP) is 5.14. The van der Waals surface area contributed by atoms with Gasteiger partial charge in [0, 0.05) is 18.3 Å². The predicted molar refractivity (Wildman–Crippen MR) is 134 cm³/mol. The molecule has 1 aliphatic rings. The summed E-state index contributed by atoms with van der Waals surface area (Å²) in [6.07, 6.45) is 6.43. The standard InChI is InChI=1S/C27H36N2O2S/c1-21-13-15-24(16-14-21)19-32-20-26(30)29(18-17-23-9-5-3-6-10-23)22(2)27(31)28-25-11-7-4-8-12-25/h3,5-6,9-10,13-16,22,25H,4,7-8,11-12,17-20H2,1-2H3,(H,28,31)/t22-/m0/s1. The van der Waals surface area contributed by atoms with Gasteiger partial charge in [0.15, 0.2) is 0 Å². The second-order valence-electron chi connectivity index (χ2n) is 8.82. The van der Waals surface area contributed by atoms with E-state index < -0.39 is 6.04 Å². The number of amides is 2. The second kappa shape index (κ2) is 12.7. The smallest absolute Gasteiger partial charge is 0.242 e. The molecule has 172 valence electrons. The molecule has 0 bridgehead atoms. The Balaban J connectivity index is 1.59. The van der Waals surface area contributed by atoms with Crippen molar-refractivity contribution in [3.8, 4) is 0 Å².